The number of hydrogen-bond acceptors (Lipinski definition) is 3. The molecule has 1 saturated carbocycles. The lowest BCUT2D eigenvalue weighted by molar-refractivity contribution is 0.301. The zero-order valence-corrected chi connectivity index (χ0v) is 11.9. The molecule has 1 aromatic carbocycles. The van der Waals surface area contributed by atoms with Crippen molar-refractivity contribution >= 4 is 17.7 Å². The lowest BCUT2D eigenvalue weighted by atomic mass is 9.69. The topological polar surface area (TPSA) is 38.7 Å². The molecule has 3 nitrogen and oxygen atoms in total. The first-order valence-corrected chi connectivity index (χ1v) is 6.97. The van der Waals surface area contributed by atoms with Gasteiger partial charge in [0.1, 0.15) is 5.75 Å². The van der Waals surface area contributed by atoms with Crippen LogP contribution in [0.2, 0.25) is 5.02 Å². The first kappa shape index (κ1) is 14.1. The van der Waals surface area contributed by atoms with Gasteiger partial charge in [0.15, 0.2) is 0 Å². The van der Waals surface area contributed by atoms with Crippen LogP contribution in [0, 0.1) is 0 Å². The summed E-state index contributed by atoms with van der Waals surface area (Å²) in [5.74, 6) is 0.676. The molecule has 19 heavy (non-hydrogen) atoms. The highest BCUT2D eigenvalue weighted by Gasteiger charge is 2.34. The number of carbonyl (C=O) groups excluding carboxylic acids is 1. The summed E-state index contributed by atoms with van der Waals surface area (Å²) in [6.45, 7) is 0.499. The minimum Gasteiger partial charge on any atom is -0.495 e. The van der Waals surface area contributed by atoms with Gasteiger partial charge >= 0.3 is 0 Å². The maximum Gasteiger partial charge on any atom is 0.234 e. The van der Waals surface area contributed by atoms with Crippen LogP contribution in [-0.4, -0.2) is 19.7 Å². The zero-order chi connectivity index (χ0) is 13.7. The second-order valence-electron chi connectivity index (χ2n) is 5.10. The van der Waals surface area contributed by atoms with Crippen LogP contribution >= 0.6 is 11.6 Å². The minimum absolute atomic E-state index is 0.0639. The van der Waals surface area contributed by atoms with Crippen LogP contribution in [0.5, 0.6) is 5.75 Å². The van der Waals surface area contributed by atoms with Crippen LogP contribution in [0.1, 0.15) is 37.7 Å². The van der Waals surface area contributed by atoms with Crippen LogP contribution in [0.15, 0.2) is 23.2 Å². The highest BCUT2D eigenvalue weighted by Crippen LogP contribution is 2.41. The normalized spacial score (nSPS) is 17.6. The molecule has 0 bridgehead atoms. The molecule has 0 N–H and O–H groups in total. The zero-order valence-electron chi connectivity index (χ0n) is 11.1. The van der Waals surface area contributed by atoms with Crippen molar-refractivity contribution < 1.29 is 9.53 Å². The molecule has 4 heteroatoms. The molecule has 0 aromatic heterocycles. The monoisotopic (exact) mass is 279 g/mol. The van der Waals surface area contributed by atoms with E-state index < -0.39 is 0 Å². The van der Waals surface area contributed by atoms with E-state index in [4.69, 9.17) is 16.3 Å². The molecule has 0 amide bonds. The van der Waals surface area contributed by atoms with E-state index in [0.717, 1.165) is 31.2 Å². The second kappa shape index (κ2) is 6.23. The number of halogens is 1. The van der Waals surface area contributed by atoms with Gasteiger partial charge in [0.25, 0.3) is 0 Å². The summed E-state index contributed by atoms with van der Waals surface area (Å²) in [5, 5.41) is 0.611. The smallest absolute Gasteiger partial charge is 0.234 e. The maximum absolute atomic E-state index is 10.5. The van der Waals surface area contributed by atoms with Gasteiger partial charge in [0, 0.05) is 5.41 Å². The van der Waals surface area contributed by atoms with E-state index in [2.05, 4.69) is 4.99 Å². The van der Waals surface area contributed by atoms with Gasteiger partial charge in [0.2, 0.25) is 6.08 Å². The van der Waals surface area contributed by atoms with Crippen molar-refractivity contribution in [2.24, 2.45) is 4.99 Å². The second-order valence-corrected chi connectivity index (χ2v) is 5.51. The summed E-state index contributed by atoms with van der Waals surface area (Å²) in [4.78, 5) is 14.3. The van der Waals surface area contributed by atoms with Gasteiger partial charge in [-0.15, -0.1) is 0 Å². The highest BCUT2D eigenvalue weighted by molar-refractivity contribution is 6.32. The van der Waals surface area contributed by atoms with Gasteiger partial charge in [-0.2, -0.15) is 0 Å². The molecule has 0 heterocycles. The third-order valence-corrected chi connectivity index (χ3v) is 4.32. The largest absolute Gasteiger partial charge is 0.495 e. The number of benzene rings is 1. The van der Waals surface area contributed by atoms with Crippen molar-refractivity contribution in [2.45, 2.75) is 37.5 Å². The van der Waals surface area contributed by atoms with E-state index in [-0.39, 0.29) is 5.41 Å². The average molecular weight is 280 g/mol. The summed E-state index contributed by atoms with van der Waals surface area (Å²) >= 11 is 6.21. The molecule has 1 aliphatic carbocycles. The quantitative estimate of drug-likeness (QED) is 0.619. The van der Waals surface area contributed by atoms with Crippen molar-refractivity contribution in [3.63, 3.8) is 0 Å². The van der Waals surface area contributed by atoms with E-state index in [1.54, 1.807) is 13.2 Å². The maximum atomic E-state index is 10.5. The molecule has 102 valence electrons. The molecule has 0 spiro atoms. The Bertz CT molecular complexity index is 489. The molecule has 0 atom stereocenters. The van der Waals surface area contributed by atoms with Crippen molar-refractivity contribution in [3.05, 3.63) is 28.8 Å². The molecule has 1 aliphatic rings. The molecule has 0 aliphatic heterocycles. The standard InChI is InChI=1S/C15H18ClNO2/c1-19-14-6-5-12(9-13(14)16)15(10-17-11-18)7-3-2-4-8-15/h5-6,9H,2-4,7-8,10H2,1H3. The van der Waals surface area contributed by atoms with E-state index in [1.807, 2.05) is 18.2 Å². The fourth-order valence-corrected chi connectivity index (χ4v) is 3.20. The Hall–Kier alpha value is -1.31. The van der Waals surface area contributed by atoms with Crippen molar-refractivity contribution in [1.82, 2.24) is 0 Å². The third-order valence-electron chi connectivity index (χ3n) is 4.02. The fourth-order valence-electron chi connectivity index (χ4n) is 2.95. The van der Waals surface area contributed by atoms with Gasteiger partial charge < -0.3 is 4.74 Å². The number of hydrogen-bond donors (Lipinski definition) is 0. The molecule has 0 unspecified atom stereocenters. The number of aliphatic imine (C=N–C) groups is 1. The van der Waals surface area contributed by atoms with Gasteiger partial charge in [-0.3, -0.25) is 0 Å². The van der Waals surface area contributed by atoms with Crippen molar-refractivity contribution in [3.8, 4) is 5.75 Å². The summed E-state index contributed by atoms with van der Waals surface area (Å²) in [6.07, 6.45) is 7.32. The number of methoxy groups -OCH3 is 1. The molecule has 2 rings (SSSR count). The SMILES string of the molecule is COc1ccc(C2(CN=C=O)CCCCC2)cc1Cl. The molecule has 0 radical (unpaired) electrons. The molecule has 0 saturated heterocycles. The van der Waals surface area contributed by atoms with Crippen LogP contribution in [0.4, 0.5) is 0 Å². The fraction of sp³-hybridized carbons (Fsp3) is 0.533. The number of isocyanates is 1. The summed E-state index contributed by atoms with van der Waals surface area (Å²) in [7, 11) is 1.61. The van der Waals surface area contributed by atoms with Crippen molar-refractivity contribution in [1.29, 1.82) is 0 Å². The first-order chi connectivity index (χ1) is 9.22. The molecular weight excluding hydrogens is 262 g/mol. The average Bonchev–Trinajstić information content (AvgIpc) is 2.46. The van der Waals surface area contributed by atoms with E-state index >= 15 is 0 Å². The number of nitrogens with zero attached hydrogens (tertiary/aromatic N) is 1. The first-order valence-electron chi connectivity index (χ1n) is 6.59. The Morgan fingerprint density at radius 1 is 1.37 bits per heavy atom. The van der Waals surface area contributed by atoms with Crippen LogP contribution in [0.3, 0.4) is 0 Å². The summed E-state index contributed by atoms with van der Waals surface area (Å²) < 4.78 is 5.18. The lowest BCUT2D eigenvalue weighted by Gasteiger charge is -2.36. The number of ether oxygens (including phenoxy) is 1. The minimum atomic E-state index is -0.0639. The highest BCUT2D eigenvalue weighted by atomic mass is 35.5. The predicted molar refractivity (Wildman–Crippen MR) is 75.8 cm³/mol. The molecule has 1 fully saturated rings. The Morgan fingerprint density at radius 3 is 2.68 bits per heavy atom. The van der Waals surface area contributed by atoms with E-state index in [0.29, 0.717) is 17.3 Å². The van der Waals surface area contributed by atoms with E-state index in [9.17, 15) is 4.79 Å². The Balaban J connectivity index is 2.37. The Kier molecular flexibility index (Phi) is 4.62. The molecular formula is C15H18ClNO2. The van der Waals surface area contributed by atoms with Gasteiger partial charge in [0.05, 0.1) is 18.7 Å². The number of rotatable bonds is 4. The third kappa shape index (κ3) is 2.99. The Labute approximate surface area is 118 Å². The van der Waals surface area contributed by atoms with Gasteiger partial charge in [-0.25, -0.2) is 9.79 Å². The van der Waals surface area contributed by atoms with Gasteiger partial charge in [-0.1, -0.05) is 36.9 Å². The predicted octanol–water partition coefficient (Wildman–Crippen LogP) is 3.89. The van der Waals surface area contributed by atoms with Crippen LogP contribution < -0.4 is 4.74 Å². The summed E-state index contributed by atoms with van der Waals surface area (Å²) in [6, 6.07) is 5.88. The summed E-state index contributed by atoms with van der Waals surface area (Å²) in [5.41, 5.74) is 1.09. The van der Waals surface area contributed by atoms with Crippen LogP contribution in [-0.2, 0) is 10.2 Å². The lowest BCUT2D eigenvalue weighted by Crippen LogP contribution is -2.32. The van der Waals surface area contributed by atoms with Crippen molar-refractivity contribution in [2.75, 3.05) is 13.7 Å². The van der Waals surface area contributed by atoms with Gasteiger partial charge in [-0.05, 0) is 30.5 Å². The van der Waals surface area contributed by atoms with Crippen LogP contribution in [0.25, 0.3) is 0 Å². The van der Waals surface area contributed by atoms with E-state index in [1.165, 1.54) is 6.42 Å². The Morgan fingerprint density at radius 2 is 2.11 bits per heavy atom. The molecule has 1 aromatic rings.